The van der Waals surface area contributed by atoms with Gasteiger partial charge in [-0.05, 0) is 26.3 Å². The number of nitriles is 1. The third kappa shape index (κ3) is 1.52. The van der Waals surface area contributed by atoms with Crippen LogP contribution in [-0.4, -0.2) is 4.57 Å². The first-order valence-corrected chi connectivity index (χ1v) is 4.49. The first-order valence-electron chi connectivity index (χ1n) is 4.49. The molecule has 70 valence electrons. The molecule has 1 heterocycles. The van der Waals surface area contributed by atoms with Gasteiger partial charge in [0.05, 0.1) is 5.69 Å². The SMILES string of the molecule is CC[C@H](C)n1c(C#N)cc(N)c1C. The molecule has 3 heteroatoms. The summed E-state index contributed by atoms with van der Waals surface area (Å²) in [7, 11) is 0. The van der Waals surface area contributed by atoms with Gasteiger partial charge in [0.15, 0.2) is 0 Å². The molecule has 3 nitrogen and oxygen atoms in total. The minimum Gasteiger partial charge on any atom is -0.397 e. The van der Waals surface area contributed by atoms with E-state index >= 15 is 0 Å². The molecule has 1 atom stereocenters. The molecule has 0 unspecified atom stereocenters. The lowest BCUT2D eigenvalue weighted by Gasteiger charge is -2.14. The Morgan fingerprint density at radius 3 is 2.77 bits per heavy atom. The number of hydrogen-bond donors (Lipinski definition) is 1. The van der Waals surface area contributed by atoms with Crippen LogP contribution in [0.4, 0.5) is 5.69 Å². The summed E-state index contributed by atoms with van der Waals surface area (Å²) in [6.45, 7) is 6.14. The maximum absolute atomic E-state index is 8.87. The zero-order valence-electron chi connectivity index (χ0n) is 8.33. The van der Waals surface area contributed by atoms with Crippen molar-refractivity contribution in [1.82, 2.24) is 4.57 Å². The predicted octanol–water partition coefficient (Wildman–Crippen LogP) is 2.22. The predicted molar refractivity (Wildman–Crippen MR) is 53.3 cm³/mol. The molecule has 0 radical (unpaired) electrons. The molecular weight excluding hydrogens is 162 g/mol. The minimum absolute atomic E-state index is 0.340. The molecule has 0 aliphatic heterocycles. The maximum atomic E-state index is 8.87. The third-order valence-corrected chi connectivity index (χ3v) is 2.48. The Morgan fingerprint density at radius 1 is 1.69 bits per heavy atom. The maximum Gasteiger partial charge on any atom is 0.122 e. The lowest BCUT2D eigenvalue weighted by molar-refractivity contribution is 0.518. The molecule has 0 aromatic carbocycles. The van der Waals surface area contributed by atoms with E-state index in [1.807, 2.05) is 11.5 Å². The highest BCUT2D eigenvalue weighted by Gasteiger charge is 2.12. The van der Waals surface area contributed by atoms with Gasteiger partial charge in [0.2, 0.25) is 0 Å². The van der Waals surface area contributed by atoms with Gasteiger partial charge in [0, 0.05) is 11.7 Å². The topological polar surface area (TPSA) is 54.7 Å². The molecule has 0 bridgehead atoms. The van der Waals surface area contributed by atoms with Crippen LogP contribution in [0.2, 0.25) is 0 Å². The Kier molecular flexibility index (Phi) is 2.62. The van der Waals surface area contributed by atoms with Crippen molar-refractivity contribution < 1.29 is 0 Å². The third-order valence-electron chi connectivity index (χ3n) is 2.48. The first-order chi connectivity index (χ1) is 6.11. The van der Waals surface area contributed by atoms with Gasteiger partial charge in [-0.2, -0.15) is 5.26 Å². The second-order valence-electron chi connectivity index (χ2n) is 3.31. The lowest BCUT2D eigenvalue weighted by Crippen LogP contribution is -2.08. The van der Waals surface area contributed by atoms with Crippen molar-refractivity contribution in [3.05, 3.63) is 17.5 Å². The fraction of sp³-hybridized carbons (Fsp3) is 0.500. The van der Waals surface area contributed by atoms with E-state index in [2.05, 4.69) is 19.9 Å². The zero-order chi connectivity index (χ0) is 10.0. The first kappa shape index (κ1) is 9.66. The highest BCUT2D eigenvalue weighted by Crippen LogP contribution is 2.23. The van der Waals surface area contributed by atoms with E-state index in [-0.39, 0.29) is 0 Å². The van der Waals surface area contributed by atoms with E-state index in [9.17, 15) is 0 Å². The molecule has 1 aromatic heterocycles. The largest absolute Gasteiger partial charge is 0.397 e. The van der Waals surface area contributed by atoms with Crippen molar-refractivity contribution in [2.24, 2.45) is 0 Å². The molecule has 1 rings (SSSR count). The fourth-order valence-corrected chi connectivity index (χ4v) is 1.48. The Labute approximate surface area is 78.8 Å². The van der Waals surface area contributed by atoms with Crippen LogP contribution in [0.3, 0.4) is 0 Å². The van der Waals surface area contributed by atoms with E-state index in [1.54, 1.807) is 6.07 Å². The molecule has 0 aliphatic rings. The quantitative estimate of drug-likeness (QED) is 0.753. The average Bonchev–Trinajstić information content (AvgIpc) is 2.42. The van der Waals surface area contributed by atoms with Crippen molar-refractivity contribution in [3.63, 3.8) is 0 Å². The number of rotatable bonds is 2. The summed E-state index contributed by atoms with van der Waals surface area (Å²) < 4.78 is 2.00. The van der Waals surface area contributed by atoms with Gasteiger partial charge < -0.3 is 10.3 Å². The molecule has 13 heavy (non-hydrogen) atoms. The van der Waals surface area contributed by atoms with E-state index in [0.717, 1.165) is 12.1 Å². The van der Waals surface area contributed by atoms with E-state index in [4.69, 9.17) is 11.0 Å². The summed E-state index contributed by atoms with van der Waals surface area (Å²) in [5.74, 6) is 0. The number of aromatic nitrogens is 1. The van der Waals surface area contributed by atoms with Crippen LogP contribution < -0.4 is 5.73 Å². The Hall–Kier alpha value is -1.43. The van der Waals surface area contributed by atoms with Crippen LogP contribution in [0.25, 0.3) is 0 Å². The van der Waals surface area contributed by atoms with E-state index in [0.29, 0.717) is 17.4 Å². The standard InChI is InChI=1S/C10H15N3/c1-4-7(2)13-8(3)10(12)5-9(13)6-11/h5,7H,4,12H2,1-3H3/t7-/m0/s1. The van der Waals surface area contributed by atoms with Crippen LogP contribution in [0, 0.1) is 18.3 Å². The molecule has 0 saturated carbocycles. The fourth-order valence-electron chi connectivity index (χ4n) is 1.48. The Morgan fingerprint density at radius 2 is 2.31 bits per heavy atom. The zero-order valence-corrected chi connectivity index (χ0v) is 8.33. The summed E-state index contributed by atoms with van der Waals surface area (Å²) in [6.07, 6.45) is 1.00. The number of nitrogens with two attached hydrogens (primary N) is 1. The van der Waals surface area contributed by atoms with Crippen molar-refractivity contribution >= 4 is 5.69 Å². The Bertz CT molecular complexity index is 344. The lowest BCUT2D eigenvalue weighted by atomic mass is 10.2. The van der Waals surface area contributed by atoms with E-state index in [1.165, 1.54) is 0 Å². The summed E-state index contributed by atoms with van der Waals surface area (Å²) >= 11 is 0. The summed E-state index contributed by atoms with van der Waals surface area (Å²) in [6, 6.07) is 4.23. The summed E-state index contributed by atoms with van der Waals surface area (Å²) in [5.41, 5.74) is 8.09. The van der Waals surface area contributed by atoms with Crippen LogP contribution in [0.5, 0.6) is 0 Å². The summed E-state index contributed by atoms with van der Waals surface area (Å²) in [4.78, 5) is 0. The van der Waals surface area contributed by atoms with E-state index < -0.39 is 0 Å². The van der Waals surface area contributed by atoms with Crippen molar-refractivity contribution in [2.45, 2.75) is 33.2 Å². The van der Waals surface area contributed by atoms with Gasteiger partial charge in [-0.1, -0.05) is 6.92 Å². The molecule has 0 saturated heterocycles. The molecule has 0 amide bonds. The Balaban J connectivity index is 3.25. The molecular formula is C10H15N3. The molecule has 0 aliphatic carbocycles. The van der Waals surface area contributed by atoms with Crippen LogP contribution in [0.1, 0.15) is 37.7 Å². The van der Waals surface area contributed by atoms with Crippen LogP contribution in [0.15, 0.2) is 6.07 Å². The summed E-state index contributed by atoms with van der Waals surface area (Å²) in [5, 5.41) is 8.87. The number of anilines is 1. The minimum atomic E-state index is 0.340. The van der Waals surface area contributed by atoms with Crippen molar-refractivity contribution in [3.8, 4) is 6.07 Å². The average molecular weight is 177 g/mol. The van der Waals surface area contributed by atoms with Crippen LogP contribution >= 0.6 is 0 Å². The molecule has 0 fully saturated rings. The molecule has 0 spiro atoms. The van der Waals surface area contributed by atoms with Crippen molar-refractivity contribution in [1.29, 1.82) is 5.26 Å². The van der Waals surface area contributed by atoms with Gasteiger partial charge in [-0.25, -0.2) is 0 Å². The van der Waals surface area contributed by atoms with Gasteiger partial charge in [-0.15, -0.1) is 0 Å². The monoisotopic (exact) mass is 177 g/mol. The molecule has 2 N–H and O–H groups in total. The van der Waals surface area contributed by atoms with Crippen LogP contribution in [-0.2, 0) is 0 Å². The van der Waals surface area contributed by atoms with Gasteiger partial charge in [0.25, 0.3) is 0 Å². The number of nitrogens with zero attached hydrogens (tertiary/aromatic N) is 2. The van der Waals surface area contributed by atoms with Gasteiger partial charge in [0.1, 0.15) is 11.8 Å². The second-order valence-corrected chi connectivity index (χ2v) is 3.31. The second kappa shape index (κ2) is 3.53. The highest BCUT2D eigenvalue weighted by molar-refractivity contribution is 5.50. The normalized spacial score (nSPS) is 12.5. The highest BCUT2D eigenvalue weighted by atomic mass is 15.0. The molecule has 1 aromatic rings. The van der Waals surface area contributed by atoms with Gasteiger partial charge >= 0.3 is 0 Å². The smallest absolute Gasteiger partial charge is 0.122 e. The number of nitrogen functional groups attached to an aromatic ring is 1. The van der Waals surface area contributed by atoms with Crippen molar-refractivity contribution in [2.75, 3.05) is 5.73 Å². The number of hydrogen-bond acceptors (Lipinski definition) is 2. The van der Waals surface area contributed by atoms with Gasteiger partial charge in [-0.3, -0.25) is 0 Å².